The molecular weight excluding hydrogens is 422 g/mol. The van der Waals surface area contributed by atoms with Crippen molar-refractivity contribution < 1.29 is 23.2 Å². The van der Waals surface area contributed by atoms with Crippen molar-refractivity contribution in [2.24, 2.45) is 0 Å². The summed E-state index contributed by atoms with van der Waals surface area (Å²) in [6.45, 7) is 0. The van der Waals surface area contributed by atoms with Gasteiger partial charge in [0.15, 0.2) is 5.58 Å². The summed E-state index contributed by atoms with van der Waals surface area (Å²) in [6.07, 6.45) is 1.51. The number of ether oxygens (including phenoxy) is 2. The molecule has 5 aromatic rings. The second kappa shape index (κ2) is 8.51. The molecule has 0 fully saturated rings. The van der Waals surface area contributed by atoms with Crippen molar-refractivity contribution in [2.45, 2.75) is 0 Å². The molecule has 0 saturated heterocycles. The summed E-state index contributed by atoms with van der Waals surface area (Å²) in [5.41, 5.74) is 3.37. The average molecular weight is 441 g/mol. The molecule has 0 bridgehead atoms. The van der Waals surface area contributed by atoms with E-state index >= 15 is 0 Å². The van der Waals surface area contributed by atoms with Gasteiger partial charge in [-0.05, 0) is 48.5 Å². The molecule has 2 aromatic heterocycles. The Kier molecular flexibility index (Phi) is 5.24. The van der Waals surface area contributed by atoms with E-state index in [-0.39, 0.29) is 5.91 Å². The highest BCUT2D eigenvalue weighted by molar-refractivity contribution is 6.07. The number of carbonyl (C=O) groups is 1. The number of rotatable bonds is 6. The van der Waals surface area contributed by atoms with Crippen LogP contribution in [0.5, 0.6) is 11.5 Å². The number of amides is 1. The van der Waals surface area contributed by atoms with Crippen molar-refractivity contribution in [3.63, 3.8) is 0 Å². The van der Waals surface area contributed by atoms with Crippen LogP contribution in [0.25, 0.3) is 33.8 Å². The van der Waals surface area contributed by atoms with E-state index in [2.05, 4.69) is 15.5 Å². The van der Waals surface area contributed by atoms with Crippen molar-refractivity contribution in [1.29, 1.82) is 0 Å². The summed E-state index contributed by atoms with van der Waals surface area (Å²) in [5, 5.41) is 7.66. The summed E-state index contributed by atoms with van der Waals surface area (Å²) in [6, 6.07) is 19.7. The molecule has 0 aliphatic heterocycles. The highest BCUT2D eigenvalue weighted by atomic mass is 16.5. The van der Waals surface area contributed by atoms with Crippen molar-refractivity contribution in [1.82, 2.24) is 10.1 Å². The normalized spacial score (nSPS) is 10.8. The zero-order chi connectivity index (χ0) is 22.8. The Balaban J connectivity index is 1.45. The average Bonchev–Trinajstić information content (AvgIpc) is 3.51. The number of anilines is 1. The molecular formula is C25H19N3O5. The first-order valence-corrected chi connectivity index (χ1v) is 10.1. The first-order chi connectivity index (χ1) is 16.1. The van der Waals surface area contributed by atoms with Gasteiger partial charge in [0, 0.05) is 22.9 Å². The zero-order valence-corrected chi connectivity index (χ0v) is 17.9. The van der Waals surface area contributed by atoms with Crippen LogP contribution >= 0.6 is 0 Å². The van der Waals surface area contributed by atoms with E-state index in [1.54, 1.807) is 50.6 Å². The van der Waals surface area contributed by atoms with Crippen LogP contribution in [0.4, 0.5) is 5.69 Å². The topological polar surface area (TPSA) is 99.6 Å². The minimum absolute atomic E-state index is 0.269. The number of hydrogen-bond donors (Lipinski definition) is 1. The number of benzene rings is 3. The molecule has 1 N–H and O–H groups in total. The predicted molar refractivity (Wildman–Crippen MR) is 122 cm³/mol. The van der Waals surface area contributed by atoms with Crippen molar-refractivity contribution in [3.8, 4) is 34.3 Å². The number of fused-ring (bicyclic) bond motifs is 1. The van der Waals surface area contributed by atoms with E-state index in [1.165, 1.54) is 6.26 Å². The standard InChI is InChI=1S/C25H19N3O5/c1-30-18-7-3-5-16(11-18)25-27-21(14-32-25)23-20-12-15(9-10-22(20)33-28-23)24(29)26-17-6-4-8-19(13-17)31-2/h3-14H,1-2H3,(H,26,29). The summed E-state index contributed by atoms with van der Waals surface area (Å²) in [5.74, 6) is 1.51. The van der Waals surface area contributed by atoms with Crippen LogP contribution in [0.1, 0.15) is 10.4 Å². The molecule has 0 atom stereocenters. The van der Waals surface area contributed by atoms with Gasteiger partial charge in [-0.25, -0.2) is 4.98 Å². The van der Waals surface area contributed by atoms with Gasteiger partial charge in [-0.3, -0.25) is 4.79 Å². The lowest BCUT2D eigenvalue weighted by atomic mass is 10.1. The summed E-state index contributed by atoms with van der Waals surface area (Å²) >= 11 is 0. The van der Waals surface area contributed by atoms with Crippen LogP contribution in [0.3, 0.4) is 0 Å². The van der Waals surface area contributed by atoms with Gasteiger partial charge in [0.1, 0.15) is 29.2 Å². The van der Waals surface area contributed by atoms with Crippen LogP contribution < -0.4 is 14.8 Å². The van der Waals surface area contributed by atoms with E-state index in [9.17, 15) is 4.79 Å². The minimum atomic E-state index is -0.269. The van der Waals surface area contributed by atoms with Gasteiger partial charge < -0.3 is 23.7 Å². The van der Waals surface area contributed by atoms with Gasteiger partial charge in [-0.15, -0.1) is 0 Å². The number of methoxy groups -OCH3 is 2. The molecule has 164 valence electrons. The number of carbonyl (C=O) groups excluding carboxylic acids is 1. The van der Waals surface area contributed by atoms with Gasteiger partial charge in [0.05, 0.1) is 19.6 Å². The quantitative estimate of drug-likeness (QED) is 0.376. The molecule has 0 unspecified atom stereocenters. The van der Waals surface area contributed by atoms with Crippen molar-refractivity contribution >= 4 is 22.6 Å². The maximum atomic E-state index is 12.8. The largest absolute Gasteiger partial charge is 0.497 e. The maximum Gasteiger partial charge on any atom is 0.255 e. The molecule has 5 rings (SSSR count). The first kappa shape index (κ1) is 20.3. The first-order valence-electron chi connectivity index (χ1n) is 10.1. The Hall–Kier alpha value is -4.59. The molecule has 0 spiro atoms. The maximum absolute atomic E-state index is 12.8. The highest BCUT2D eigenvalue weighted by Gasteiger charge is 2.18. The predicted octanol–water partition coefficient (Wildman–Crippen LogP) is 5.42. The van der Waals surface area contributed by atoms with Gasteiger partial charge in [0.2, 0.25) is 5.89 Å². The van der Waals surface area contributed by atoms with Crippen LogP contribution in [0.15, 0.2) is 81.9 Å². The number of nitrogens with one attached hydrogen (secondary N) is 1. The molecule has 0 saturated carbocycles. The van der Waals surface area contributed by atoms with Gasteiger partial charge in [0.25, 0.3) is 5.91 Å². The Labute approximate surface area is 188 Å². The van der Waals surface area contributed by atoms with Crippen LogP contribution in [0.2, 0.25) is 0 Å². The lowest BCUT2D eigenvalue weighted by molar-refractivity contribution is 0.102. The lowest BCUT2D eigenvalue weighted by Crippen LogP contribution is -2.11. The fourth-order valence-electron chi connectivity index (χ4n) is 3.44. The minimum Gasteiger partial charge on any atom is -0.497 e. The second-order valence-electron chi connectivity index (χ2n) is 7.20. The zero-order valence-electron chi connectivity index (χ0n) is 17.9. The third-order valence-corrected chi connectivity index (χ3v) is 5.12. The van der Waals surface area contributed by atoms with Crippen LogP contribution in [-0.4, -0.2) is 30.3 Å². The molecule has 8 heteroatoms. The number of aromatic nitrogens is 2. The van der Waals surface area contributed by atoms with Crippen LogP contribution in [-0.2, 0) is 0 Å². The Bertz CT molecular complexity index is 1450. The lowest BCUT2D eigenvalue weighted by Gasteiger charge is -2.07. The van der Waals surface area contributed by atoms with Crippen molar-refractivity contribution in [2.75, 3.05) is 19.5 Å². The summed E-state index contributed by atoms with van der Waals surface area (Å²) in [7, 11) is 3.18. The van der Waals surface area contributed by atoms with E-state index in [0.717, 1.165) is 5.56 Å². The molecule has 0 aliphatic carbocycles. The third-order valence-electron chi connectivity index (χ3n) is 5.12. The summed E-state index contributed by atoms with van der Waals surface area (Å²) < 4.78 is 21.6. The monoisotopic (exact) mass is 441 g/mol. The Morgan fingerprint density at radius 2 is 1.73 bits per heavy atom. The summed E-state index contributed by atoms with van der Waals surface area (Å²) in [4.78, 5) is 17.4. The van der Waals surface area contributed by atoms with E-state index in [1.807, 2.05) is 30.3 Å². The Morgan fingerprint density at radius 3 is 2.55 bits per heavy atom. The molecule has 1 amide bonds. The molecule has 33 heavy (non-hydrogen) atoms. The molecule has 0 radical (unpaired) electrons. The van der Waals surface area contributed by atoms with Gasteiger partial charge in [-0.1, -0.05) is 17.3 Å². The van der Waals surface area contributed by atoms with Crippen LogP contribution in [0, 0.1) is 0 Å². The smallest absolute Gasteiger partial charge is 0.255 e. The number of oxazole rings is 1. The fraction of sp³-hybridized carbons (Fsp3) is 0.0800. The van der Waals surface area contributed by atoms with E-state index < -0.39 is 0 Å². The number of nitrogens with zero attached hydrogens (tertiary/aromatic N) is 2. The molecule has 2 heterocycles. The van der Waals surface area contributed by atoms with Gasteiger partial charge >= 0.3 is 0 Å². The van der Waals surface area contributed by atoms with Crippen molar-refractivity contribution in [3.05, 3.63) is 78.6 Å². The SMILES string of the molecule is COc1cccc(NC(=O)c2ccc3onc(-c4coc(-c5cccc(OC)c5)n4)c3c2)c1. The second-order valence-corrected chi connectivity index (χ2v) is 7.20. The third kappa shape index (κ3) is 4.01. The highest BCUT2D eigenvalue weighted by Crippen LogP contribution is 2.31. The molecule has 3 aromatic carbocycles. The molecule has 8 nitrogen and oxygen atoms in total. The van der Waals surface area contributed by atoms with E-state index in [0.29, 0.717) is 51.0 Å². The van der Waals surface area contributed by atoms with Gasteiger partial charge in [-0.2, -0.15) is 0 Å². The van der Waals surface area contributed by atoms with E-state index in [4.69, 9.17) is 18.4 Å². The number of hydrogen-bond acceptors (Lipinski definition) is 7. The Morgan fingerprint density at radius 1 is 0.939 bits per heavy atom. The molecule has 0 aliphatic rings. The fourth-order valence-corrected chi connectivity index (χ4v) is 3.44.